The van der Waals surface area contributed by atoms with Gasteiger partial charge in [0.2, 0.25) is 0 Å². The van der Waals surface area contributed by atoms with Crippen LogP contribution in [0, 0.1) is 23.2 Å². The van der Waals surface area contributed by atoms with Crippen molar-refractivity contribution < 1.29 is 14.6 Å². The second-order valence-corrected chi connectivity index (χ2v) is 9.03. The average molecular weight is 363 g/mol. The van der Waals surface area contributed by atoms with E-state index in [2.05, 4.69) is 36.6 Å². The molecule has 0 bridgehead atoms. The molecule has 6 atom stereocenters. The quantitative estimate of drug-likeness (QED) is 0.614. The van der Waals surface area contributed by atoms with Crippen LogP contribution < -0.4 is 0 Å². The Labute approximate surface area is 157 Å². The summed E-state index contributed by atoms with van der Waals surface area (Å²) in [5.74, 6) is 0.112. The van der Waals surface area contributed by atoms with E-state index in [1.807, 2.05) is 0 Å². The van der Waals surface area contributed by atoms with Gasteiger partial charge in [0, 0.05) is 50.5 Å². The van der Waals surface area contributed by atoms with E-state index in [1.165, 1.54) is 5.57 Å². The number of piperazine rings is 1. The molecular formula is C21H34N2O3. The number of carbonyl (C=O) groups is 1. The summed E-state index contributed by atoms with van der Waals surface area (Å²) >= 11 is 0. The van der Waals surface area contributed by atoms with Crippen LogP contribution in [0.2, 0.25) is 0 Å². The van der Waals surface area contributed by atoms with Gasteiger partial charge < -0.3 is 14.7 Å². The molecular weight excluding hydrogens is 328 g/mol. The first kappa shape index (κ1) is 18.5. The number of allylic oxidation sites excluding steroid dienone is 1. The molecule has 0 spiro atoms. The van der Waals surface area contributed by atoms with Gasteiger partial charge >= 0.3 is 5.97 Å². The van der Waals surface area contributed by atoms with Crippen LogP contribution in [-0.2, 0) is 9.53 Å². The van der Waals surface area contributed by atoms with Gasteiger partial charge in [-0.2, -0.15) is 0 Å². The monoisotopic (exact) mass is 362 g/mol. The van der Waals surface area contributed by atoms with E-state index in [9.17, 15) is 9.90 Å². The minimum Gasteiger partial charge on any atom is -0.461 e. The van der Waals surface area contributed by atoms with E-state index in [0.29, 0.717) is 5.92 Å². The number of fused-ring (bicyclic) bond motifs is 2. The van der Waals surface area contributed by atoms with E-state index in [1.54, 1.807) is 0 Å². The van der Waals surface area contributed by atoms with Crippen molar-refractivity contribution in [1.82, 2.24) is 9.80 Å². The molecule has 0 aromatic heterocycles. The van der Waals surface area contributed by atoms with Crippen molar-refractivity contribution in [3.05, 3.63) is 11.6 Å². The number of hydrogen-bond donors (Lipinski definition) is 1. The average Bonchev–Trinajstić information content (AvgIpc) is 2.94. The number of esters is 1. The van der Waals surface area contributed by atoms with Gasteiger partial charge in [0.05, 0.1) is 12.0 Å². The first-order chi connectivity index (χ1) is 12.4. The summed E-state index contributed by atoms with van der Waals surface area (Å²) in [5, 5.41) is 11.4. The third kappa shape index (κ3) is 2.83. The van der Waals surface area contributed by atoms with Crippen LogP contribution in [-0.4, -0.2) is 72.4 Å². The Morgan fingerprint density at radius 1 is 1.27 bits per heavy atom. The highest BCUT2D eigenvalue weighted by atomic mass is 16.6. The van der Waals surface area contributed by atoms with Gasteiger partial charge in [0.15, 0.2) is 0 Å². The number of ether oxygens (including phenoxy) is 1. The topological polar surface area (TPSA) is 53.0 Å². The standard InChI is InChI=1S/C21H34N2O3/c1-4-22-8-10-23(11-9-22)13-16-18-17(26-20(16)25)12-15-7-5-6-14(2)21(15,3)19(18)24/h7,14,16-19,24H,4-6,8-13H2,1-3H3/t14?,16?,17-,18-,19?,21-/m1/s1. The molecule has 2 saturated heterocycles. The first-order valence-electron chi connectivity index (χ1n) is 10.5. The zero-order valence-corrected chi connectivity index (χ0v) is 16.5. The molecule has 0 aromatic carbocycles. The maximum absolute atomic E-state index is 12.7. The molecule has 5 heteroatoms. The van der Waals surface area contributed by atoms with Crippen molar-refractivity contribution in [3.8, 4) is 0 Å². The van der Waals surface area contributed by atoms with E-state index in [0.717, 1.165) is 58.5 Å². The lowest BCUT2D eigenvalue weighted by atomic mass is 9.55. The third-order valence-corrected chi connectivity index (χ3v) is 7.94. The Hall–Kier alpha value is -0.910. The van der Waals surface area contributed by atoms with Crippen LogP contribution in [0.15, 0.2) is 11.6 Å². The maximum atomic E-state index is 12.7. The van der Waals surface area contributed by atoms with Gasteiger partial charge in [0.25, 0.3) is 0 Å². The van der Waals surface area contributed by atoms with Gasteiger partial charge in [-0.25, -0.2) is 0 Å². The Bertz CT molecular complexity index is 584. The lowest BCUT2D eigenvalue weighted by Gasteiger charge is -2.52. The summed E-state index contributed by atoms with van der Waals surface area (Å²) in [6, 6.07) is 0. The fourth-order valence-electron chi connectivity index (χ4n) is 5.84. The lowest BCUT2D eigenvalue weighted by Crippen LogP contribution is -2.55. The highest BCUT2D eigenvalue weighted by molar-refractivity contribution is 5.76. The maximum Gasteiger partial charge on any atom is 0.311 e. The minimum atomic E-state index is -0.490. The highest BCUT2D eigenvalue weighted by Crippen LogP contribution is 2.56. The van der Waals surface area contributed by atoms with Crippen molar-refractivity contribution in [2.45, 2.75) is 52.2 Å². The number of rotatable bonds is 3. The van der Waals surface area contributed by atoms with Crippen LogP contribution >= 0.6 is 0 Å². The van der Waals surface area contributed by atoms with Crippen LogP contribution in [0.5, 0.6) is 0 Å². The second-order valence-electron chi connectivity index (χ2n) is 9.03. The zero-order chi connectivity index (χ0) is 18.5. The fourth-order valence-corrected chi connectivity index (χ4v) is 5.84. The summed E-state index contributed by atoms with van der Waals surface area (Å²) in [5.41, 5.74) is 1.11. The van der Waals surface area contributed by atoms with Crippen molar-refractivity contribution in [2.75, 3.05) is 39.3 Å². The molecule has 0 aromatic rings. The number of likely N-dealkylation sites (N-methyl/N-ethyl adjacent to an activating group) is 1. The normalized spacial score (nSPS) is 44.2. The molecule has 2 heterocycles. The molecule has 26 heavy (non-hydrogen) atoms. The Kier molecular flexibility index (Phi) is 4.91. The molecule has 1 N–H and O–H groups in total. The summed E-state index contributed by atoms with van der Waals surface area (Å²) < 4.78 is 5.78. The van der Waals surface area contributed by atoms with E-state index in [-0.39, 0.29) is 29.3 Å². The van der Waals surface area contributed by atoms with Crippen molar-refractivity contribution in [2.24, 2.45) is 23.2 Å². The summed E-state index contributed by atoms with van der Waals surface area (Å²) in [6.07, 6.45) is 4.68. The highest BCUT2D eigenvalue weighted by Gasteiger charge is 2.59. The first-order valence-corrected chi connectivity index (χ1v) is 10.5. The predicted molar refractivity (Wildman–Crippen MR) is 101 cm³/mol. The van der Waals surface area contributed by atoms with Gasteiger partial charge in [-0.15, -0.1) is 0 Å². The largest absolute Gasteiger partial charge is 0.461 e. The van der Waals surface area contributed by atoms with E-state index >= 15 is 0 Å². The minimum absolute atomic E-state index is 0.0607. The number of aliphatic hydroxyl groups excluding tert-OH is 1. The Balaban J connectivity index is 1.52. The molecule has 1 saturated carbocycles. The fraction of sp³-hybridized carbons (Fsp3) is 0.857. The van der Waals surface area contributed by atoms with E-state index < -0.39 is 6.10 Å². The third-order valence-electron chi connectivity index (χ3n) is 7.94. The number of hydrogen-bond acceptors (Lipinski definition) is 5. The van der Waals surface area contributed by atoms with Gasteiger partial charge in [-0.05, 0) is 25.3 Å². The van der Waals surface area contributed by atoms with Crippen molar-refractivity contribution in [1.29, 1.82) is 0 Å². The number of carbonyl (C=O) groups excluding carboxylic acids is 1. The van der Waals surface area contributed by atoms with Crippen LogP contribution in [0.4, 0.5) is 0 Å². The van der Waals surface area contributed by atoms with Gasteiger partial charge in [-0.1, -0.05) is 32.4 Å². The van der Waals surface area contributed by atoms with Crippen LogP contribution in [0.3, 0.4) is 0 Å². The summed E-state index contributed by atoms with van der Waals surface area (Å²) in [6.45, 7) is 12.6. The van der Waals surface area contributed by atoms with Crippen molar-refractivity contribution >= 4 is 5.97 Å². The van der Waals surface area contributed by atoms with E-state index in [4.69, 9.17) is 4.74 Å². The van der Waals surface area contributed by atoms with Gasteiger partial charge in [-0.3, -0.25) is 9.69 Å². The molecule has 4 rings (SSSR count). The molecule has 0 radical (unpaired) electrons. The van der Waals surface area contributed by atoms with Crippen LogP contribution in [0.1, 0.15) is 40.0 Å². The number of aliphatic hydroxyl groups is 1. The molecule has 2 aliphatic heterocycles. The predicted octanol–water partition coefficient (Wildman–Crippen LogP) is 1.91. The Morgan fingerprint density at radius 2 is 1.96 bits per heavy atom. The SMILES string of the molecule is CCN1CCN(CC2C(=O)O[C@@H]3CC4=CCCC(C)[C@@]4(C)C(O)[C@H]23)CC1. The smallest absolute Gasteiger partial charge is 0.311 e. The summed E-state index contributed by atoms with van der Waals surface area (Å²) in [4.78, 5) is 17.5. The number of nitrogens with zero attached hydrogens (tertiary/aromatic N) is 2. The van der Waals surface area contributed by atoms with Gasteiger partial charge in [0.1, 0.15) is 6.10 Å². The second kappa shape index (κ2) is 6.92. The van der Waals surface area contributed by atoms with Crippen molar-refractivity contribution in [3.63, 3.8) is 0 Å². The molecule has 0 amide bonds. The Morgan fingerprint density at radius 3 is 2.65 bits per heavy atom. The van der Waals surface area contributed by atoms with Crippen LogP contribution in [0.25, 0.3) is 0 Å². The summed E-state index contributed by atoms with van der Waals surface area (Å²) in [7, 11) is 0. The molecule has 4 aliphatic rings. The molecule has 146 valence electrons. The lowest BCUT2D eigenvalue weighted by molar-refractivity contribution is -0.145. The zero-order valence-electron chi connectivity index (χ0n) is 16.5. The molecule has 2 aliphatic carbocycles. The molecule has 3 unspecified atom stereocenters. The molecule has 5 nitrogen and oxygen atoms in total. The molecule has 3 fully saturated rings.